The molecule has 1 aromatic carbocycles. The van der Waals surface area contributed by atoms with E-state index in [1.807, 2.05) is 18.2 Å². The van der Waals surface area contributed by atoms with Gasteiger partial charge in [-0.05, 0) is 25.0 Å². The molecule has 1 N–H and O–H groups in total. The molecule has 0 amide bonds. The highest BCUT2D eigenvalue weighted by Gasteiger charge is 2.17. The van der Waals surface area contributed by atoms with Crippen LogP contribution in [-0.2, 0) is 13.1 Å². The third-order valence-corrected chi connectivity index (χ3v) is 4.18. The molecule has 1 fully saturated rings. The first-order chi connectivity index (χ1) is 10.4. The van der Waals surface area contributed by atoms with Crippen LogP contribution in [0.5, 0.6) is 5.75 Å². The van der Waals surface area contributed by atoms with E-state index in [4.69, 9.17) is 4.74 Å². The minimum Gasteiger partial charge on any atom is -0.496 e. The molecule has 0 unspecified atom stereocenters. The normalized spacial score (nSPS) is 15.5. The number of nitrogens with zero attached hydrogens (tertiary/aromatic N) is 2. The van der Waals surface area contributed by atoms with Crippen molar-refractivity contribution in [3.8, 4) is 5.75 Å². The standard InChI is InChI=1S/C17H23N3O/c1-21-17-9-5-2-6-14(17)12-18-13-15-10-11-20(19-15)16-7-3-4-8-16/h2,5-6,9-11,16,18H,3-4,7-8,12-13H2,1H3. The van der Waals surface area contributed by atoms with Gasteiger partial charge in [-0.3, -0.25) is 4.68 Å². The SMILES string of the molecule is COc1ccccc1CNCc1ccn(C2CCCC2)n1. The average molecular weight is 285 g/mol. The van der Waals surface area contributed by atoms with Gasteiger partial charge in [0, 0.05) is 24.8 Å². The quantitative estimate of drug-likeness (QED) is 0.885. The molecule has 4 heteroatoms. The van der Waals surface area contributed by atoms with Crippen LogP contribution >= 0.6 is 0 Å². The van der Waals surface area contributed by atoms with E-state index in [0.717, 1.165) is 24.5 Å². The van der Waals surface area contributed by atoms with Crippen molar-refractivity contribution in [2.24, 2.45) is 0 Å². The maximum absolute atomic E-state index is 5.36. The Hall–Kier alpha value is -1.81. The van der Waals surface area contributed by atoms with Crippen molar-refractivity contribution in [3.05, 3.63) is 47.8 Å². The Morgan fingerprint density at radius 3 is 2.81 bits per heavy atom. The van der Waals surface area contributed by atoms with Crippen LogP contribution in [0.4, 0.5) is 0 Å². The number of methoxy groups -OCH3 is 1. The molecule has 0 aliphatic heterocycles. The fourth-order valence-electron chi connectivity index (χ4n) is 3.02. The zero-order chi connectivity index (χ0) is 14.5. The predicted molar refractivity (Wildman–Crippen MR) is 83.3 cm³/mol. The Kier molecular flexibility index (Phi) is 4.55. The third kappa shape index (κ3) is 3.45. The summed E-state index contributed by atoms with van der Waals surface area (Å²) < 4.78 is 7.51. The Morgan fingerprint density at radius 1 is 1.19 bits per heavy atom. The number of ether oxygens (including phenoxy) is 1. The topological polar surface area (TPSA) is 39.1 Å². The first-order valence-corrected chi connectivity index (χ1v) is 7.73. The highest BCUT2D eigenvalue weighted by molar-refractivity contribution is 5.32. The Bertz CT molecular complexity index is 573. The monoisotopic (exact) mass is 285 g/mol. The van der Waals surface area contributed by atoms with E-state index >= 15 is 0 Å². The molecule has 0 spiro atoms. The highest BCUT2D eigenvalue weighted by Crippen LogP contribution is 2.28. The van der Waals surface area contributed by atoms with E-state index in [-0.39, 0.29) is 0 Å². The lowest BCUT2D eigenvalue weighted by Crippen LogP contribution is -2.14. The third-order valence-electron chi connectivity index (χ3n) is 4.18. The lowest BCUT2D eigenvalue weighted by molar-refractivity contribution is 0.407. The summed E-state index contributed by atoms with van der Waals surface area (Å²) in [4.78, 5) is 0. The van der Waals surface area contributed by atoms with Crippen LogP contribution in [0.2, 0.25) is 0 Å². The molecule has 1 aliphatic carbocycles. The van der Waals surface area contributed by atoms with Crippen LogP contribution in [0, 0.1) is 0 Å². The van der Waals surface area contributed by atoms with E-state index < -0.39 is 0 Å². The van der Waals surface area contributed by atoms with E-state index in [9.17, 15) is 0 Å². The zero-order valence-corrected chi connectivity index (χ0v) is 12.6. The van der Waals surface area contributed by atoms with E-state index in [2.05, 4.69) is 33.4 Å². The van der Waals surface area contributed by atoms with Gasteiger partial charge in [0.1, 0.15) is 5.75 Å². The molecule has 1 heterocycles. The molecule has 1 saturated carbocycles. The van der Waals surface area contributed by atoms with Gasteiger partial charge >= 0.3 is 0 Å². The highest BCUT2D eigenvalue weighted by atomic mass is 16.5. The number of hydrogen-bond acceptors (Lipinski definition) is 3. The van der Waals surface area contributed by atoms with Gasteiger partial charge in [-0.1, -0.05) is 31.0 Å². The van der Waals surface area contributed by atoms with Gasteiger partial charge in [0.05, 0.1) is 18.8 Å². The van der Waals surface area contributed by atoms with E-state index in [1.165, 1.54) is 31.2 Å². The lowest BCUT2D eigenvalue weighted by Gasteiger charge is -2.10. The molecular formula is C17H23N3O. The van der Waals surface area contributed by atoms with Crippen molar-refractivity contribution in [3.63, 3.8) is 0 Å². The van der Waals surface area contributed by atoms with Gasteiger partial charge in [0.15, 0.2) is 0 Å². The summed E-state index contributed by atoms with van der Waals surface area (Å²) >= 11 is 0. The van der Waals surface area contributed by atoms with Crippen molar-refractivity contribution in [2.75, 3.05) is 7.11 Å². The van der Waals surface area contributed by atoms with Gasteiger partial charge in [-0.2, -0.15) is 5.10 Å². The second-order valence-electron chi connectivity index (χ2n) is 5.64. The van der Waals surface area contributed by atoms with Crippen LogP contribution in [-0.4, -0.2) is 16.9 Å². The molecule has 2 aromatic rings. The summed E-state index contributed by atoms with van der Waals surface area (Å²) in [6, 6.07) is 10.8. The minimum atomic E-state index is 0.618. The number of nitrogens with one attached hydrogen (secondary N) is 1. The summed E-state index contributed by atoms with van der Waals surface area (Å²) in [7, 11) is 1.71. The molecule has 0 saturated heterocycles. The maximum atomic E-state index is 5.36. The molecule has 21 heavy (non-hydrogen) atoms. The zero-order valence-electron chi connectivity index (χ0n) is 12.6. The molecule has 0 atom stereocenters. The lowest BCUT2D eigenvalue weighted by atomic mass is 10.2. The molecule has 4 nitrogen and oxygen atoms in total. The first kappa shape index (κ1) is 14.1. The molecule has 3 rings (SSSR count). The Balaban J connectivity index is 1.53. The van der Waals surface area contributed by atoms with Gasteiger partial charge in [-0.15, -0.1) is 0 Å². The number of benzene rings is 1. The summed E-state index contributed by atoms with van der Waals surface area (Å²) in [6.07, 6.45) is 7.35. The van der Waals surface area contributed by atoms with Crippen LogP contribution in [0.1, 0.15) is 43.0 Å². The van der Waals surface area contributed by atoms with Crippen LogP contribution in [0.15, 0.2) is 36.5 Å². The minimum absolute atomic E-state index is 0.618. The fraction of sp³-hybridized carbons (Fsp3) is 0.471. The molecule has 0 radical (unpaired) electrons. The molecule has 1 aliphatic rings. The molecule has 0 bridgehead atoms. The van der Waals surface area contributed by atoms with Crippen molar-refractivity contribution in [1.82, 2.24) is 15.1 Å². The molecular weight excluding hydrogens is 262 g/mol. The number of para-hydroxylation sites is 1. The number of rotatable bonds is 6. The largest absolute Gasteiger partial charge is 0.496 e. The van der Waals surface area contributed by atoms with Crippen molar-refractivity contribution < 1.29 is 4.74 Å². The van der Waals surface area contributed by atoms with Crippen LogP contribution in [0.25, 0.3) is 0 Å². The van der Waals surface area contributed by atoms with Crippen LogP contribution in [0.3, 0.4) is 0 Å². The smallest absolute Gasteiger partial charge is 0.123 e. The van der Waals surface area contributed by atoms with Crippen molar-refractivity contribution >= 4 is 0 Å². The predicted octanol–water partition coefficient (Wildman–Crippen LogP) is 3.30. The summed E-state index contributed by atoms with van der Waals surface area (Å²) in [5.41, 5.74) is 2.28. The number of aromatic nitrogens is 2. The number of hydrogen-bond donors (Lipinski definition) is 1. The maximum Gasteiger partial charge on any atom is 0.123 e. The Morgan fingerprint density at radius 2 is 2.00 bits per heavy atom. The molecule has 1 aromatic heterocycles. The summed E-state index contributed by atoms with van der Waals surface area (Å²) in [5.74, 6) is 0.932. The second-order valence-corrected chi connectivity index (χ2v) is 5.64. The van der Waals surface area contributed by atoms with Crippen LogP contribution < -0.4 is 10.1 Å². The van der Waals surface area contributed by atoms with Gasteiger partial charge in [0.25, 0.3) is 0 Å². The van der Waals surface area contributed by atoms with Crippen molar-refractivity contribution in [2.45, 2.75) is 44.8 Å². The Labute approximate surface area is 126 Å². The van der Waals surface area contributed by atoms with Gasteiger partial charge in [-0.25, -0.2) is 0 Å². The second kappa shape index (κ2) is 6.76. The molecule has 112 valence electrons. The van der Waals surface area contributed by atoms with E-state index in [0.29, 0.717) is 6.04 Å². The van der Waals surface area contributed by atoms with Crippen molar-refractivity contribution in [1.29, 1.82) is 0 Å². The van der Waals surface area contributed by atoms with E-state index in [1.54, 1.807) is 7.11 Å². The first-order valence-electron chi connectivity index (χ1n) is 7.73. The average Bonchev–Trinajstić information content (AvgIpc) is 3.18. The summed E-state index contributed by atoms with van der Waals surface area (Å²) in [6.45, 7) is 1.58. The van der Waals surface area contributed by atoms with Gasteiger partial charge in [0.2, 0.25) is 0 Å². The fourth-order valence-corrected chi connectivity index (χ4v) is 3.02. The van der Waals surface area contributed by atoms with Gasteiger partial charge < -0.3 is 10.1 Å². The summed E-state index contributed by atoms with van der Waals surface area (Å²) in [5, 5.41) is 8.13.